The largest absolute Gasteiger partial charge is 0.355 e. The summed E-state index contributed by atoms with van der Waals surface area (Å²) in [4.78, 5) is 22.9. The van der Waals surface area contributed by atoms with Crippen molar-refractivity contribution in [2.24, 2.45) is 5.92 Å². The van der Waals surface area contributed by atoms with Crippen LogP contribution < -0.4 is 5.32 Å². The summed E-state index contributed by atoms with van der Waals surface area (Å²) in [6.07, 6.45) is 0.326. The van der Waals surface area contributed by atoms with Gasteiger partial charge in [0, 0.05) is 24.4 Å². The van der Waals surface area contributed by atoms with Gasteiger partial charge in [0.2, 0.25) is 5.91 Å². The Balaban J connectivity index is 2.14. The molecule has 78 valence electrons. The highest BCUT2D eigenvalue weighted by Crippen LogP contribution is 2.16. The van der Waals surface area contributed by atoms with Gasteiger partial charge in [0.1, 0.15) is 0 Å². The van der Waals surface area contributed by atoms with Gasteiger partial charge in [0.15, 0.2) is 5.78 Å². The van der Waals surface area contributed by atoms with E-state index in [1.807, 2.05) is 31.2 Å². The maximum absolute atomic E-state index is 11.9. The summed E-state index contributed by atoms with van der Waals surface area (Å²) >= 11 is 0. The first-order chi connectivity index (χ1) is 7.16. The Labute approximate surface area is 88.5 Å². The molecule has 1 aliphatic rings. The molecular formula is C12H13NO2. The fourth-order valence-corrected chi connectivity index (χ4v) is 1.74. The average molecular weight is 203 g/mol. The van der Waals surface area contributed by atoms with Gasteiger partial charge in [-0.1, -0.05) is 29.8 Å². The van der Waals surface area contributed by atoms with Crippen molar-refractivity contribution < 1.29 is 9.59 Å². The highest BCUT2D eigenvalue weighted by atomic mass is 16.2. The van der Waals surface area contributed by atoms with Crippen molar-refractivity contribution in [3.63, 3.8) is 0 Å². The third-order valence-electron chi connectivity index (χ3n) is 2.68. The minimum atomic E-state index is -0.180. The summed E-state index contributed by atoms with van der Waals surface area (Å²) in [7, 11) is 0. The molecule has 3 nitrogen and oxygen atoms in total. The monoisotopic (exact) mass is 203 g/mol. The molecule has 1 amide bonds. The average Bonchev–Trinajstić information content (AvgIpc) is 2.65. The number of carbonyl (C=O) groups excluding carboxylic acids is 2. The number of aryl methyl sites for hydroxylation is 1. The number of Topliss-reactive ketones (excluding diaryl/α,β-unsaturated/α-hetero) is 1. The normalized spacial score (nSPS) is 20.1. The van der Waals surface area contributed by atoms with E-state index >= 15 is 0 Å². The van der Waals surface area contributed by atoms with E-state index < -0.39 is 0 Å². The SMILES string of the molecule is Cc1ccc(C(=O)C2CNC(=O)C2)cc1. The quantitative estimate of drug-likeness (QED) is 0.737. The van der Waals surface area contributed by atoms with Gasteiger partial charge >= 0.3 is 0 Å². The topological polar surface area (TPSA) is 46.2 Å². The van der Waals surface area contributed by atoms with Crippen LogP contribution in [0.15, 0.2) is 24.3 Å². The molecule has 1 heterocycles. The Morgan fingerprint density at radius 3 is 2.53 bits per heavy atom. The number of nitrogens with one attached hydrogen (secondary N) is 1. The van der Waals surface area contributed by atoms with E-state index in [2.05, 4.69) is 5.32 Å². The van der Waals surface area contributed by atoms with Gasteiger partial charge in [-0.05, 0) is 6.92 Å². The van der Waals surface area contributed by atoms with Crippen LogP contribution in [0.1, 0.15) is 22.3 Å². The predicted octanol–water partition coefficient (Wildman–Crippen LogP) is 1.31. The number of rotatable bonds is 2. The van der Waals surface area contributed by atoms with Crippen molar-refractivity contribution in [3.8, 4) is 0 Å². The number of carbonyl (C=O) groups is 2. The van der Waals surface area contributed by atoms with E-state index in [1.165, 1.54) is 0 Å². The second-order valence-electron chi connectivity index (χ2n) is 3.94. The second kappa shape index (κ2) is 3.85. The summed E-state index contributed by atoms with van der Waals surface area (Å²) in [6, 6.07) is 7.47. The van der Waals surface area contributed by atoms with E-state index in [9.17, 15) is 9.59 Å². The summed E-state index contributed by atoms with van der Waals surface area (Å²) in [6.45, 7) is 2.46. The molecule has 1 fully saturated rings. The number of amides is 1. The minimum absolute atomic E-state index is 0.0274. The lowest BCUT2D eigenvalue weighted by Crippen LogP contribution is -2.18. The molecule has 3 heteroatoms. The summed E-state index contributed by atoms with van der Waals surface area (Å²) in [5.41, 5.74) is 1.83. The molecule has 1 aromatic carbocycles. The molecule has 0 bridgehead atoms. The highest BCUT2D eigenvalue weighted by Gasteiger charge is 2.28. The van der Waals surface area contributed by atoms with E-state index in [4.69, 9.17) is 0 Å². The predicted molar refractivity (Wildman–Crippen MR) is 56.6 cm³/mol. The minimum Gasteiger partial charge on any atom is -0.355 e. The van der Waals surface area contributed by atoms with Crippen LogP contribution in [0.5, 0.6) is 0 Å². The van der Waals surface area contributed by atoms with Crippen molar-refractivity contribution >= 4 is 11.7 Å². The van der Waals surface area contributed by atoms with Crippen molar-refractivity contribution in [2.75, 3.05) is 6.54 Å². The Morgan fingerprint density at radius 1 is 1.33 bits per heavy atom. The van der Waals surface area contributed by atoms with Gasteiger partial charge in [-0.25, -0.2) is 0 Å². The van der Waals surface area contributed by atoms with Crippen LogP contribution in [-0.4, -0.2) is 18.2 Å². The number of benzene rings is 1. The lowest BCUT2D eigenvalue weighted by molar-refractivity contribution is -0.119. The van der Waals surface area contributed by atoms with Gasteiger partial charge < -0.3 is 5.32 Å². The fraction of sp³-hybridized carbons (Fsp3) is 0.333. The lowest BCUT2D eigenvalue weighted by atomic mass is 9.96. The maximum Gasteiger partial charge on any atom is 0.220 e. The Hall–Kier alpha value is -1.64. The number of ketones is 1. The van der Waals surface area contributed by atoms with Crippen LogP contribution in [0.25, 0.3) is 0 Å². The smallest absolute Gasteiger partial charge is 0.220 e. The third-order valence-corrected chi connectivity index (χ3v) is 2.68. The van der Waals surface area contributed by atoms with Crippen LogP contribution >= 0.6 is 0 Å². The van der Waals surface area contributed by atoms with Crippen LogP contribution in [0, 0.1) is 12.8 Å². The van der Waals surface area contributed by atoms with Crippen molar-refractivity contribution in [1.29, 1.82) is 0 Å². The molecule has 1 atom stereocenters. The first-order valence-electron chi connectivity index (χ1n) is 5.04. The molecule has 0 aromatic heterocycles. The molecule has 0 aliphatic carbocycles. The standard InChI is InChI=1S/C12H13NO2/c1-8-2-4-9(5-3-8)12(15)10-6-11(14)13-7-10/h2-5,10H,6-7H2,1H3,(H,13,14). The Kier molecular flexibility index (Phi) is 2.54. The fourth-order valence-electron chi connectivity index (χ4n) is 1.74. The van der Waals surface area contributed by atoms with Crippen molar-refractivity contribution in [2.45, 2.75) is 13.3 Å². The van der Waals surface area contributed by atoms with Gasteiger partial charge in [0.05, 0.1) is 0 Å². The molecule has 0 saturated carbocycles. The summed E-state index contributed by atoms with van der Waals surface area (Å²) in [5.74, 6) is -0.144. The Morgan fingerprint density at radius 2 is 2.00 bits per heavy atom. The van der Waals surface area contributed by atoms with E-state index in [0.29, 0.717) is 18.5 Å². The van der Waals surface area contributed by atoms with Gasteiger partial charge in [0.25, 0.3) is 0 Å². The van der Waals surface area contributed by atoms with Crippen LogP contribution in [0.4, 0.5) is 0 Å². The third kappa shape index (κ3) is 2.06. The van der Waals surface area contributed by atoms with E-state index in [-0.39, 0.29) is 17.6 Å². The van der Waals surface area contributed by atoms with Crippen LogP contribution in [0.3, 0.4) is 0 Å². The molecule has 1 N–H and O–H groups in total. The van der Waals surface area contributed by atoms with Gasteiger partial charge in [-0.15, -0.1) is 0 Å². The first kappa shape index (κ1) is 9.90. The molecule has 0 spiro atoms. The molecule has 0 radical (unpaired) electrons. The van der Waals surface area contributed by atoms with E-state index in [0.717, 1.165) is 5.56 Å². The van der Waals surface area contributed by atoms with Crippen molar-refractivity contribution in [1.82, 2.24) is 5.32 Å². The molecule has 15 heavy (non-hydrogen) atoms. The zero-order valence-corrected chi connectivity index (χ0v) is 8.62. The molecule has 2 rings (SSSR count). The molecular weight excluding hydrogens is 190 g/mol. The summed E-state index contributed by atoms with van der Waals surface area (Å²) < 4.78 is 0. The zero-order valence-electron chi connectivity index (χ0n) is 8.62. The molecule has 1 unspecified atom stereocenters. The molecule has 1 aromatic rings. The highest BCUT2D eigenvalue weighted by molar-refractivity contribution is 6.01. The van der Waals surface area contributed by atoms with Gasteiger partial charge in [-0.3, -0.25) is 9.59 Å². The van der Waals surface area contributed by atoms with Crippen molar-refractivity contribution in [3.05, 3.63) is 35.4 Å². The van der Waals surface area contributed by atoms with Crippen LogP contribution in [-0.2, 0) is 4.79 Å². The Bertz CT molecular complexity index is 395. The maximum atomic E-state index is 11.9. The zero-order chi connectivity index (χ0) is 10.8. The van der Waals surface area contributed by atoms with Crippen LogP contribution in [0.2, 0.25) is 0 Å². The first-order valence-corrected chi connectivity index (χ1v) is 5.04. The molecule has 1 saturated heterocycles. The summed E-state index contributed by atoms with van der Waals surface area (Å²) in [5, 5.41) is 2.67. The lowest BCUT2D eigenvalue weighted by Gasteiger charge is -2.06. The number of hydrogen-bond donors (Lipinski definition) is 1. The number of hydrogen-bond acceptors (Lipinski definition) is 2. The molecule has 1 aliphatic heterocycles. The second-order valence-corrected chi connectivity index (χ2v) is 3.94. The van der Waals surface area contributed by atoms with E-state index in [1.54, 1.807) is 0 Å². The van der Waals surface area contributed by atoms with Gasteiger partial charge in [-0.2, -0.15) is 0 Å².